The minimum Gasteiger partial charge on any atom is -0.349 e. The van der Waals surface area contributed by atoms with Gasteiger partial charge < -0.3 is 14.8 Å². The maximum atomic E-state index is 12.7. The van der Waals surface area contributed by atoms with Gasteiger partial charge in [-0.05, 0) is 44.1 Å². The number of nitrogens with one attached hydrogen (secondary N) is 1. The molecule has 1 saturated heterocycles. The molecular formula is C20H27N5O3S. The molecular weight excluding hydrogens is 390 g/mol. The van der Waals surface area contributed by atoms with Crippen molar-refractivity contribution in [3.8, 4) is 0 Å². The van der Waals surface area contributed by atoms with Gasteiger partial charge in [0.25, 0.3) is 5.91 Å². The number of rotatable bonds is 3. The molecule has 0 bridgehead atoms. The van der Waals surface area contributed by atoms with Gasteiger partial charge in [0.1, 0.15) is 5.65 Å². The maximum absolute atomic E-state index is 12.7. The summed E-state index contributed by atoms with van der Waals surface area (Å²) in [5.74, 6) is 0.737. The van der Waals surface area contributed by atoms with E-state index in [1.807, 2.05) is 19.3 Å². The number of H-pyrrole nitrogens is 1. The molecule has 0 atom stereocenters. The molecule has 1 amide bonds. The summed E-state index contributed by atoms with van der Waals surface area (Å²) in [6.45, 7) is 1.91. The van der Waals surface area contributed by atoms with E-state index in [1.165, 1.54) is 0 Å². The van der Waals surface area contributed by atoms with Crippen LogP contribution in [0.3, 0.4) is 0 Å². The predicted molar refractivity (Wildman–Crippen MR) is 111 cm³/mol. The van der Waals surface area contributed by atoms with Crippen molar-refractivity contribution >= 4 is 32.7 Å². The smallest absolute Gasteiger partial charge is 0.258 e. The number of carbonyl (C=O) groups excluding carboxylic acids is 1. The summed E-state index contributed by atoms with van der Waals surface area (Å²) in [7, 11) is -1.19. The summed E-state index contributed by atoms with van der Waals surface area (Å²) in [6.07, 6.45) is 8.35. The number of amides is 1. The Labute approximate surface area is 170 Å². The van der Waals surface area contributed by atoms with Crippen molar-refractivity contribution in [2.45, 2.75) is 38.1 Å². The molecule has 8 nitrogen and oxygen atoms in total. The molecule has 5 rings (SSSR count). The van der Waals surface area contributed by atoms with Crippen molar-refractivity contribution in [3.63, 3.8) is 0 Å². The van der Waals surface area contributed by atoms with E-state index in [9.17, 15) is 13.2 Å². The average Bonchev–Trinajstić information content (AvgIpc) is 3.31. The van der Waals surface area contributed by atoms with Crippen molar-refractivity contribution in [2.75, 3.05) is 37.5 Å². The molecule has 29 heavy (non-hydrogen) atoms. The average molecular weight is 418 g/mol. The SMILES string of the molecule is CN1CN(C2CCC(CN3CCCS3(=O)=O)CC2)c2c(cnc3[nH]ccc23)C1=O. The lowest BCUT2D eigenvalue weighted by Gasteiger charge is -2.44. The summed E-state index contributed by atoms with van der Waals surface area (Å²) >= 11 is 0. The molecule has 2 fully saturated rings. The number of sulfonamides is 1. The van der Waals surface area contributed by atoms with E-state index in [0.29, 0.717) is 43.0 Å². The van der Waals surface area contributed by atoms with Crippen LogP contribution in [0.5, 0.6) is 0 Å². The monoisotopic (exact) mass is 417 g/mol. The van der Waals surface area contributed by atoms with E-state index in [-0.39, 0.29) is 5.91 Å². The molecule has 2 aliphatic heterocycles. The number of aromatic amines is 1. The first-order chi connectivity index (χ1) is 13.9. The highest BCUT2D eigenvalue weighted by Crippen LogP contribution is 2.39. The van der Waals surface area contributed by atoms with Gasteiger partial charge in [0, 0.05) is 44.0 Å². The van der Waals surface area contributed by atoms with E-state index < -0.39 is 10.0 Å². The normalized spacial score (nSPS) is 27.6. The second-order valence-electron chi connectivity index (χ2n) is 8.58. The second kappa shape index (κ2) is 6.98. The second-order valence-corrected chi connectivity index (χ2v) is 10.7. The highest BCUT2D eigenvalue weighted by molar-refractivity contribution is 7.89. The van der Waals surface area contributed by atoms with Gasteiger partial charge in [-0.25, -0.2) is 17.7 Å². The van der Waals surface area contributed by atoms with E-state index >= 15 is 0 Å². The minimum absolute atomic E-state index is 0.0137. The zero-order valence-corrected chi connectivity index (χ0v) is 17.5. The molecule has 3 aliphatic rings. The number of carbonyl (C=O) groups is 1. The first-order valence-corrected chi connectivity index (χ1v) is 12.0. The Morgan fingerprint density at radius 1 is 1.24 bits per heavy atom. The molecule has 0 radical (unpaired) electrons. The van der Waals surface area contributed by atoms with Crippen LogP contribution < -0.4 is 4.90 Å². The van der Waals surface area contributed by atoms with Crippen LogP contribution >= 0.6 is 0 Å². The van der Waals surface area contributed by atoms with Crippen LogP contribution in [0.25, 0.3) is 11.0 Å². The number of nitrogens with zero attached hydrogens (tertiary/aromatic N) is 4. The Bertz CT molecular complexity index is 1040. The Hall–Kier alpha value is -2.13. The predicted octanol–water partition coefficient (Wildman–Crippen LogP) is 2.01. The summed E-state index contributed by atoms with van der Waals surface area (Å²) in [6, 6.07) is 2.34. The first kappa shape index (κ1) is 18.9. The van der Waals surface area contributed by atoms with Gasteiger partial charge in [0.15, 0.2) is 0 Å². The van der Waals surface area contributed by atoms with Crippen LogP contribution in [0.2, 0.25) is 0 Å². The first-order valence-electron chi connectivity index (χ1n) is 10.4. The molecule has 0 unspecified atom stereocenters. The van der Waals surface area contributed by atoms with Gasteiger partial charge >= 0.3 is 0 Å². The number of aromatic nitrogens is 2. The van der Waals surface area contributed by atoms with Gasteiger partial charge in [0.05, 0.1) is 23.7 Å². The van der Waals surface area contributed by atoms with Crippen molar-refractivity contribution in [3.05, 3.63) is 24.0 Å². The quantitative estimate of drug-likeness (QED) is 0.825. The van der Waals surface area contributed by atoms with Crippen LogP contribution in [0.15, 0.2) is 18.5 Å². The van der Waals surface area contributed by atoms with E-state index in [1.54, 1.807) is 15.4 Å². The number of hydrogen-bond donors (Lipinski definition) is 1. The van der Waals surface area contributed by atoms with Crippen LogP contribution in [0, 0.1) is 5.92 Å². The molecule has 156 valence electrons. The Balaban J connectivity index is 1.35. The number of fused-ring (bicyclic) bond motifs is 3. The lowest BCUT2D eigenvalue weighted by Crippen LogP contribution is -2.50. The third kappa shape index (κ3) is 3.20. The molecule has 2 aromatic heterocycles. The molecule has 9 heteroatoms. The molecule has 4 heterocycles. The van der Waals surface area contributed by atoms with Crippen LogP contribution in [0.1, 0.15) is 42.5 Å². The Kier molecular flexibility index (Phi) is 4.54. The standard InChI is InChI=1S/C20H27N5O3S/c1-23-13-25(18-16-7-8-21-19(16)22-11-17(18)20(23)26)15-5-3-14(4-6-15)12-24-9-2-10-29(24,27)28/h7-8,11,14-15H,2-6,9-10,12-13H2,1H3,(H,21,22). The molecule has 1 saturated carbocycles. The zero-order valence-electron chi connectivity index (χ0n) is 16.7. The molecule has 1 N–H and O–H groups in total. The zero-order chi connectivity index (χ0) is 20.2. The molecule has 0 spiro atoms. The maximum Gasteiger partial charge on any atom is 0.258 e. The third-order valence-corrected chi connectivity index (χ3v) is 8.63. The van der Waals surface area contributed by atoms with Gasteiger partial charge in [-0.3, -0.25) is 4.79 Å². The molecule has 2 aromatic rings. The summed E-state index contributed by atoms with van der Waals surface area (Å²) in [5.41, 5.74) is 2.46. The summed E-state index contributed by atoms with van der Waals surface area (Å²) in [4.78, 5) is 24.4. The lowest BCUT2D eigenvalue weighted by molar-refractivity contribution is 0.0774. The fourth-order valence-corrected chi connectivity index (χ4v) is 6.75. The number of anilines is 1. The van der Waals surface area contributed by atoms with Crippen LogP contribution in [-0.2, 0) is 10.0 Å². The minimum atomic E-state index is -3.02. The van der Waals surface area contributed by atoms with Crippen LogP contribution in [-0.4, -0.2) is 72.1 Å². The van der Waals surface area contributed by atoms with Gasteiger partial charge in [-0.15, -0.1) is 0 Å². The molecule has 1 aliphatic carbocycles. The van der Waals surface area contributed by atoms with Crippen molar-refractivity contribution < 1.29 is 13.2 Å². The van der Waals surface area contributed by atoms with Gasteiger partial charge in [-0.1, -0.05) is 0 Å². The van der Waals surface area contributed by atoms with Gasteiger partial charge in [0.2, 0.25) is 10.0 Å². The fraction of sp³-hybridized carbons (Fsp3) is 0.600. The topological polar surface area (TPSA) is 89.6 Å². The van der Waals surface area contributed by atoms with Crippen molar-refractivity contribution in [1.82, 2.24) is 19.2 Å². The highest BCUT2D eigenvalue weighted by Gasteiger charge is 2.37. The van der Waals surface area contributed by atoms with E-state index in [4.69, 9.17) is 0 Å². The number of pyridine rings is 1. The summed E-state index contributed by atoms with van der Waals surface area (Å²) in [5, 5.41) is 0.995. The van der Waals surface area contributed by atoms with E-state index in [2.05, 4.69) is 14.9 Å². The highest BCUT2D eigenvalue weighted by atomic mass is 32.2. The largest absolute Gasteiger partial charge is 0.349 e. The van der Waals surface area contributed by atoms with Crippen molar-refractivity contribution in [2.24, 2.45) is 5.92 Å². The molecule has 0 aromatic carbocycles. The lowest BCUT2D eigenvalue weighted by atomic mass is 9.84. The van der Waals surface area contributed by atoms with Crippen LogP contribution in [0.4, 0.5) is 5.69 Å². The fourth-order valence-electron chi connectivity index (χ4n) is 5.15. The Morgan fingerprint density at radius 3 is 2.76 bits per heavy atom. The van der Waals surface area contributed by atoms with E-state index in [0.717, 1.165) is 48.8 Å². The van der Waals surface area contributed by atoms with Crippen molar-refractivity contribution in [1.29, 1.82) is 0 Å². The summed E-state index contributed by atoms with van der Waals surface area (Å²) < 4.78 is 25.9. The number of hydrogen-bond acceptors (Lipinski definition) is 5. The Morgan fingerprint density at radius 2 is 2.03 bits per heavy atom. The van der Waals surface area contributed by atoms with Gasteiger partial charge in [-0.2, -0.15) is 0 Å². The third-order valence-electron chi connectivity index (χ3n) is 6.71.